The Labute approximate surface area is 183 Å². The van der Waals surface area contributed by atoms with Crippen molar-refractivity contribution in [2.24, 2.45) is 17.8 Å². The molecule has 4 atom stereocenters. The summed E-state index contributed by atoms with van der Waals surface area (Å²) in [6.45, 7) is 5.96. The van der Waals surface area contributed by atoms with Crippen LogP contribution in [0.1, 0.15) is 110 Å². The summed E-state index contributed by atoms with van der Waals surface area (Å²) in [6, 6.07) is 0. The maximum Gasteiger partial charge on any atom is 0.515 e. The molecule has 1 saturated carbocycles. The van der Waals surface area contributed by atoms with Crippen molar-refractivity contribution in [2.45, 2.75) is 122 Å². The molecule has 2 aliphatic rings. The van der Waals surface area contributed by atoms with Gasteiger partial charge in [-0.15, -0.1) is 0 Å². The predicted octanol–water partition coefficient (Wildman–Crippen LogP) is 5.10. The number of aliphatic hydroxyl groups is 1. The summed E-state index contributed by atoms with van der Waals surface area (Å²) in [5, 5.41) is 17.6. The topological polar surface area (TPSA) is 78.7 Å². The van der Waals surface area contributed by atoms with Gasteiger partial charge in [0.05, 0.1) is 19.3 Å². The number of rotatable bonds is 16. The minimum atomic E-state index is -0.453. The average molecular weight is 428 g/mol. The molecule has 5 heteroatoms. The average Bonchev–Trinajstić information content (AvgIpc) is 3.27. The molecule has 5 nitrogen and oxygen atoms in total. The number of hydrogen-bond donors (Lipinski definition) is 1. The zero-order valence-electron chi connectivity index (χ0n) is 19.5. The summed E-state index contributed by atoms with van der Waals surface area (Å²) >= 11 is 0. The van der Waals surface area contributed by atoms with Crippen LogP contribution < -0.4 is 0 Å². The molecule has 1 aliphatic heterocycles. The summed E-state index contributed by atoms with van der Waals surface area (Å²) in [5.41, 5.74) is 0. The monoisotopic (exact) mass is 427 g/mol. The normalized spacial score (nSPS) is 28.2. The number of ether oxygens (including phenoxy) is 2. The van der Waals surface area contributed by atoms with Crippen molar-refractivity contribution in [3.05, 3.63) is 0 Å². The summed E-state index contributed by atoms with van der Waals surface area (Å²) in [4.78, 5) is 10.7. The lowest BCUT2D eigenvalue weighted by atomic mass is 9.81. The Morgan fingerprint density at radius 1 is 0.933 bits per heavy atom. The molecule has 0 unspecified atom stereocenters. The van der Waals surface area contributed by atoms with Crippen molar-refractivity contribution in [1.29, 1.82) is 0 Å². The maximum absolute atomic E-state index is 10.7. The van der Waals surface area contributed by atoms with Gasteiger partial charge in [0.2, 0.25) is 0 Å². The Morgan fingerprint density at radius 2 is 1.60 bits per heavy atom. The van der Waals surface area contributed by atoms with Crippen LogP contribution in [-0.2, 0) is 14.3 Å². The summed E-state index contributed by atoms with van der Waals surface area (Å²) in [6.07, 6.45) is 15.5. The number of carbonyl (C=O) groups excluding carboxylic acids is 1. The van der Waals surface area contributed by atoms with Gasteiger partial charge < -0.3 is 19.7 Å². The molecular formula is C25H47O5+. The third-order valence-corrected chi connectivity index (χ3v) is 7.41. The van der Waals surface area contributed by atoms with Gasteiger partial charge in [-0.05, 0) is 49.9 Å². The summed E-state index contributed by atoms with van der Waals surface area (Å²) in [7, 11) is 0. The van der Waals surface area contributed by atoms with Gasteiger partial charge in [-0.2, -0.15) is 0 Å². The number of aliphatic hydroxyl groups excluding tert-OH is 1. The highest BCUT2D eigenvalue weighted by Crippen LogP contribution is 2.44. The van der Waals surface area contributed by atoms with Gasteiger partial charge in [-0.3, -0.25) is 0 Å². The van der Waals surface area contributed by atoms with E-state index in [2.05, 4.69) is 13.8 Å². The molecule has 1 heterocycles. The zero-order valence-corrected chi connectivity index (χ0v) is 19.5. The van der Waals surface area contributed by atoms with Crippen LogP contribution in [0.4, 0.5) is 0 Å². The first-order valence-corrected chi connectivity index (χ1v) is 12.7. The smallest absolute Gasteiger partial charge is 0.515 e. The Balaban J connectivity index is 1.77. The second-order valence-electron chi connectivity index (χ2n) is 9.79. The Morgan fingerprint density at radius 3 is 2.30 bits per heavy atom. The lowest BCUT2D eigenvalue weighted by Crippen LogP contribution is -2.32. The quantitative estimate of drug-likeness (QED) is 0.275. The van der Waals surface area contributed by atoms with Crippen molar-refractivity contribution >= 4 is 5.97 Å². The van der Waals surface area contributed by atoms with Crippen LogP contribution in [-0.4, -0.2) is 41.3 Å². The van der Waals surface area contributed by atoms with E-state index in [0.29, 0.717) is 37.4 Å². The van der Waals surface area contributed by atoms with Crippen molar-refractivity contribution < 1.29 is 24.5 Å². The van der Waals surface area contributed by atoms with E-state index in [-0.39, 0.29) is 11.9 Å². The molecular weight excluding hydrogens is 380 g/mol. The molecule has 2 rings (SSSR count). The second kappa shape index (κ2) is 13.7. The van der Waals surface area contributed by atoms with E-state index < -0.39 is 5.97 Å². The van der Waals surface area contributed by atoms with Gasteiger partial charge in [-0.25, -0.2) is 0 Å². The second-order valence-corrected chi connectivity index (χ2v) is 9.79. The van der Waals surface area contributed by atoms with Crippen LogP contribution in [0, 0.1) is 17.8 Å². The fraction of sp³-hybridized carbons (Fsp3) is 0.960. The molecule has 1 saturated heterocycles. The molecule has 0 amide bonds. The molecule has 0 aromatic heterocycles. The van der Waals surface area contributed by atoms with Gasteiger partial charge >= 0.3 is 5.97 Å². The minimum Gasteiger partial charge on any atom is -0.565 e. The third-order valence-electron chi connectivity index (χ3n) is 7.41. The molecule has 176 valence electrons. The third kappa shape index (κ3) is 8.47. The highest BCUT2D eigenvalue weighted by atomic mass is 16.7. The Bertz CT molecular complexity index is 474. The zero-order chi connectivity index (χ0) is 21.8. The van der Waals surface area contributed by atoms with Crippen LogP contribution in [0.2, 0.25) is 0 Å². The lowest BCUT2D eigenvalue weighted by Gasteiger charge is -2.31. The highest BCUT2D eigenvalue weighted by molar-refractivity contribution is 5.66. The Kier molecular flexibility index (Phi) is 11.7. The molecule has 0 spiro atoms. The lowest BCUT2D eigenvalue weighted by molar-refractivity contribution is -0.171. The first-order valence-electron chi connectivity index (χ1n) is 12.7. The Hall–Kier alpha value is -0.650. The molecule has 0 aromatic carbocycles. The summed E-state index contributed by atoms with van der Waals surface area (Å²) < 4.78 is 12.2. The van der Waals surface area contributed by atoms with E-state index in [9.17, 15) is 9.90 Å². The number of unbranched alkanes of at least 4 members (excludes halogenated alkanes) is 7. The fourth-order valence-corrected chi connectivity index (χ4v) is 5.66. The fourth-order valence-electron chi connectivity index (χ4n) is 5.66. The van der Waals surface area contributed by atoms with E-state index >= 15 is 0 Å². The molecule has 0 bridgehead atoms. The van der Waals surface area contributed by atoms with Crippen molar-refractivity contribution in [1.82, 2.24) is 0 Å². The van der Waals surface area contributed by atoms with E-state index in [1.54, 1.807) is 0 Å². The van der Waals surface area contributed by atoms with Crippen molar-refractivity contribution in [3.8, 4) is 0 Å². The first-order chi connectivity index (χ1) is 14.5. The number of carbonyl (C=O) groups is 1. The van der Waals surface area contributed by atoms with Crippen LogP contribution in [0.25, 0.3) is 0 Å². The van der Waals surface area contributed by atoms with E-state index in [1.807, 2.05) is 0 Å². The van der Waals surface area contributed by atoms with Crippen LogP contribution >= 0.6 is 0 Å². The predicted molar refractivity (Wildman–Crippen MR) is 120 cm³/mol. The van der Waals surface area contributed by atoms with Crippen molar-refractivity contribution in [3.63, 3.8) is 0 Å². The van der Waals surface area contributed by atoms with E-state index in [0.717, 1.165) is 57.8 Å². The van der Waals surface area contributed by atoms with Crippen LogP contribution in [0.3, 0.4) is 0 Å². The van der Waals surface area contributed by atoms with Gasteiger partial charge in [-0.1, -0.05) is 58.8 Å². The number of hydrogen-bond acceptors (Lipinski definition) is 4. The van der Waals surface area contributed by atoms with Crippen molar-refractivity contribution in [2.75, 3.05) is 13.2 Å². The SMILES string of the molecule is CCCCCCCC1(CC[C@@H]2[C@@H](CCCCCCC(=O)[OH2+])[C@@H](O)C[C@H]2C)OCCO1. The van der Waals surface area contributed by atoms with Gasteiger partial charge in [0.15, 0.2) is 5.79 Å². The molecule has 30 heavy (non-hydrogen) atoms. The maximum atomic E-state index is 10.7. The molecule has 1 aliphatic carbocycles. The van der Waals surface area contributed by atoms with E-state index in [4.69, 9.17) is 14.6 Å². The minimum absolute atomic E-state index is 0.185. The molecule has 2 fully saturated rings. The molecule has 3 N–H and O–H groups in total. The molecule has 0 radical (unpaired) electrons. The van der Waals surface area contributed by atoms with Gasteiger partial charge in [0.25, 0.3) is 0 Å². The van der Waals surface area contributed by atoms with E-state index in [1.165, 1.54) is 32.1 Å². The standard InChI is InChI=1S/C25H46O5/c1-3-4-5-8-11-15-25(29-17-18-30-25)16-14-21-20(2)19-23(26)22(21)12-9-6-7-10-13-24(27)28/h20-23,26H,3-19H2,1-2H3,(H,27,28)/p+1/t20-,21+,22-,23+/m1/s1. The largest absolute Gasteiger partial charge is 0.565 e. The van der Waals surface area contributed by atoms with Gasteiger partial charge in [0, 0.05) is 17.6 Å². The summed E-state index contributed by atoms with van der Waals surface area (Å²) in [5.74, 6) is 0.632. The van der Waals surface area contributed by atoms with Crippen LogP contribution in [0.15, 0.2) is 0 Å². The van der Waals surface area contributed by atoms with Gasteiger partial charge in [0.1, 0.15) is 6.42 Å². The first kappa shape index (κ1) is 25.6. The highest BCUT2D eigenvalue weighted by Gasteiger charge is 2.42. The van der Waals surface area contributed by atoms with Crippen LogP contribution in [0.5, 0.6) is 0 Å². The molecule has 0 aromatic rings.